The van der Waals surface area contributed by atoms with Crippen molar-refractivity contribution in [2.45, 2.75) is 51.0 Å². The van der Waals surface area contributed by atoms with E-state index in [9.17, 15) is 14.4 Å². The molecule has 0 bridgehead atoms. The van der Waals surface area contributed by atoms with Crippen molar-refractivity contribution in [3.63, 3.8) is 0 Å². The Balaban J connectivity index is 4.01. The Hall–Kier alpha value is -1.89. The highest BCUT2D eigenvalue weighted by Crippen LogP contribution is 2.08. The molecule has 0 fully saturated rings. The molecular formula is C17H30NO6+. The van der Waals surface area contributed by atoms with Crippen molar-refractivity contribution in [2.75, 3.05) is 27.7 Å². The number of nitrogens with zero attached hydrogens (tertiary/aromatic N) is 1. The minimum atomic E-state index is -0.981. The molecule has 7 nitrogen and oxygen atoms in total. The van der Waals surface area contributed by atoms with Gasteiger partial charge in [0.2, 0.25) is 0 Å². The largest absolute Gasteiger partial charge is 0.481 e. The highest BCUT2D eigenvalue weighted by Gasteiger charge is 2.24. The Labute approximate surface area is 143 Å². The number of unbranched alkanes of at least 4 members (excludes halogenated alkanes) is 2. The molecule has 0 aliphatic carbocycles. The summed E-state index contributed by atoms with van der Waals surface area (Å²) in [7, 11) is 5.74. The molecular weight excluding hydrogens is 314 g/mol. The Morgan fingerprint density at radius 2 is 1.50 bits per heavy atom. The molecule has 0 rings (SSSR count). The molecule has 0 amide bonds. The number of esters is 1. The molecule has 0 aromatic heterocycles. The lowest BCUT2D eigenvalue weighted by molar-refractivity contribution is -0.873. The number of hydrogen-bond donors (Lipinski definition) is 2. The first-order valence-corrected chi connectivity index (χ1v) is 8.18. The zero-order valence-electron chi connectivity index (χ0n) is 14.9. The second kappa shape index (κ2) is 11.6. The highest BCUT2D eigenvalue weighted by atomic mass is 16.5. The fourth-order valence-corrected chi connectivity index (χ4v) is 2.17. The van der Waals surface area contributed by atoms with Crippen LogP contribution in [0.3, 0.4) is 0 Å². The predicted octanol–water partition coefficient (Wildman–Crippen LogP) is 2.06. The van der Waals surface area contributed by atoms with Crippen LogP contribution in [0, 0.1) is 0 Å². The average molecular weight is 344 g/mol. The van der Waals surface area contributed by atoms with Gasteiger partial charge >= 0.3 is 17.9 Å². The number of carbonyl (C=O) groups is 3. The van der Waals surface area contributed by atoms with E-state index in [1.165, 1.54) is 0 Å². The third-order valence-corrected chi connectivity index (χ3v) is 3.13. The zero-order chi connectivity index (χ0) is 18.6. The molecule has 0 aliphatic heterocycles. The van der Waals surface area contributed by atoms with Gasteiger partial charge in [-0.3, -0.25) is 14.4 Å². The van der Waals surface area contributed by atoms with Gasteiger partial charge in [-0.25, -0.2) is 0 Å². The van der Waals surface area contributed by atoms with E-state index in [4.69, 9.17) is 14.9 Å². The number of aliphatic carboxylic acids is 2. The van der Waals surface area contributed by atoms with Crippen molar-refractivity contribution in [3.05, 3.63) is 12.2 Å². The number of allylic oxidation sites excluding steroid dienone is 2. The van der Waals surface area contributed by atoms with Gasteiger partial charge in [0.1, 0.15) is 6.54 Å². The van der Waals surface area contributed by atoms with Crippen LogP contribution in [0.2, 0.25) is 0 Å². The van der Waals surface area contributed by atoms with Crippen LogP contribution in [-0.2, 0) is 19.1 Å². The van der Waals surface area contributed by atoms with Crippen LogP contribution < -0.4 is 0 Å². The Morgan fingerprint density at radius 3 is 1.96 bits per heavy atom. The van der Waals surface area contributed by atoms with Crippen LogP contribution in [0.15, 0.2) is 12.2 Å². The molecule has 0 radical (unpaired) electrons. The van der Waals surface area contributed by atoms with Gasteiger partial charge in [-0.15, -0.1) is 0 Å². The van der Waals surface area contributed by atoms with E-state index in [1.54, 1.807) is 0 Å². The molecule has 0 saturated heterocycles. The van der Waals surface area contributed by atoms with Crippen molar-refractivity contribution in [2.24, 2.45) is 0 Å². The summed E-state index contributed by atoms with van der Waals surface area (Å²) in [5.74, 6) is -2.16. The standard InChI is InChI=1S/C17H29NO6/c1-18(2,3)13-14(12-16(21)22)24-17(23)11-9-7-5-4-6-8-10-15(19)20/h4-5,14H,6-13H2,1-3H3,(H-,19,20,21,22)/p+1/b5-4+. The van der Waals surface area contributed by atoms with Gasteiger partial charge in [-0.1, -0.05) is 12.2 Å². The maximum Gasteiger partial charge on any atom is 0.307 e. The van der Waals surface area contributed by atoms with E-state index in [0.29, 0.717) is 36.7 Å². The highest BCUT2D eigenvalue weighted by molar-refractivity contribution is 5.71. The molecule has 0 spiro atoms. The summed E-state index contributed by atoms with van der Waals surface area (Å²) in [6.45, 7) is 0.446. The first-order chi connectivity index (χ1) is 11.1. The normalized spacial score (nSPS) is 13.0. The average Bonchev–Trinajstić information content (AvgIpc) is 2.38. The van der Waals surface area contributed by atoms with Gasteiger partial charge < -0.3 is 19.4 Å². The minimum absolute atomic E-state index is 0.161. The van der Waals surface area contributed by atoms with Crippen LogP contribution >= 0.6 is 0 Å². The molecule has 0 heterocycles. The van der Waals surface area contributed by atoms with E-state index >= 15 is 0 Å². The third kappa shape index (κ3) is 15.0. The van der Waals surface area contributed by atoms with Gasteiger partial charge in [-0.2, -0.15) is 0 Å². The van der Waals surface area contributed by atoms with E-state index in [-0.39, 0.29) is 25.2 Å². The molecule has 1 unspecified atom stereocenters. The van der Waals surface area contributed by atoms with Crippen LogP contribution in [-0.4, -0.2) is 66.4 Å². The van der Waals surface area contributed by atoms with Crippen molar-refractivity contribution in [1.29, 1.82) is 0 Å². The molecule has 0 aliphatic rings. The van der Waals surface area contributed by atoms with Gasteiger partial charge in [-0.05, 0) is 25.7 Å². The monoisotopic (exact) mass is 344 g/mol. The number of hydrogen-bond acceptors (Lipinski definition) is 4. The lowest BCUT2D eigenvalue weighted by atomic mass is 10.2. The van der Waals surface area contributed by atoms with Crippen LogP contribution in [0.25, 0.3) is 0 Å². The minimum Gasteiger partial charge on any atom is -0.481 e. The summed E-state index contributed by atoms with van der Waals surface area (Å²) in [6.07, 6.45) is 6.08. The summed E-state index contributed by atoms with van der Waals surface area (Å²) in [5.41, 5.74) is 0. The molecule has 138 valence electrons. The van der Waals surface area contributed by atoms with E-state index in [1.807, 2.05) is 33.3 Å². The quantitative estimate of drug-likeness (QED) is 0.229. The number of ether oxygens (including phenoxy) is 1. The summed E-state index contributed by atoms with van der Waals surface area (Å²) < 4.78 is 5.80. The SMILES string of the molecule is C[N+](C)(C)CC(CC(=O)O)OC(=O)CCC/C=C/CCCC(=O)O. The smallest absolute Gasteiger partial charge is 0.307 e. The van der Waals surface area contributed by atoms with Gasteiger partial charge in [0.15, 0.2) is 6.10 Å². The molecule has 0 saturated carbocycles. The molecule has 24 heavy (non-hydrogen) atoms. The lowest BCUT2D eigenvalue weighted by Crippen LogP contribution is -2.43. The first-order valence-electron chi connectivity index (χ1n) is 8.18. The van der Waals surface area contributed by atoms with Gasteiger partial charge in [0.05, 0.1) is 27.6 Å². The number of carbonyl (C=O) groups excluding carboxylic acids is 1. The zero-order valence-corrected chi connectivity index (χ0v) is 14.9. The molecule has 0 aromatic rings. The summed E-state index contributed by atoms with van der Waals surface area (Å²) >= 11 is 0. The number of quaternary nitrogens is 1. The maximum absolute atomic E-state index is 11.8. The second-order valence-electron chi connectivity index (χ2n) is 6.83. The lowest BCUT2D eigenvalue weighted by Gasteiger charge is -2.28. The third-order valence-electron chi connectivity index (χ3n) is 3.13. The van der Waals surface area contributed by atoms with Crippen molar-refractivity contribution in [3.8, 4) is 0 Å². The van der Waals surface area contributed by atoms with Crippen molar-refractivity contribution < 1.29 is 33.8 Å². The number of likely N-dealkylation sites (N-methyl/N-ethyl adjacent to an activating group) is 1. The molecule has 1 atom stereocenters. The summed E-state index contributed by atoms with van der Waals surface area (Å²) in [4.78, 5) is 33.0. The summed E-state index contributed by atoms with van der Waals surface area (Å²) in [6, 6.07) is 0. The van der Waals surface area contributed by atoms with E-state index in [2.05, 4.69) is 0 Å². The van der Waals surface area contributed by atoms with E-state index < -0.39 is 18.0 Å². The topological polar surface area (TPSA) is 101 Å². The van der Waals surface area contributed by atoms with E-state index in [0.717, 1.165) is 0 Å². The van der Waals surface area contributed by atoms with Crippen LogP contribution in [0.1, 0.15) is 44.9 Å². The molecule has 2 N–H and O–H groups in total. The van der Waals surface area contributed by atoms with Gasteiger partial charge in [0.25, 0.3) is 0 Å². The number of carboxylic acid groups (broad SMARTS) is 2. The first kappa shape index (κ1) is 22.1. The number of carboxylic acids is 2. The summed E-state index contributed by atoms with van der Waals surface area (Å²) in [5, 5.41) is 17.4. The fourth-order valence-electron chi connectivity index (χ4n) is 2.17. The number of rotatable bonds is 13. The predicted molar refractivity (Wildman–Crippen MR) is 89.5 cm³/mol. The fraction of sp³-hybridized carbons (Fsp3) is 0.706. The Kier molecular flexibility index (Phi) is 10.7. The van der Waals surface area contributed by atoms with Crippen molar-refractivity contribution in [1.82, 2.24) is 0 Å². The van der Waals surface area contributed by atoms with Crippen LogP contribution in [0.4, 0.5) is 0 Å². The molecule has 7 heteroatoms. The van der Waals surface area contributed by atoms with Crippen molar-refractivity contribution >= 4 is 17.9 Å². The molecule has 0 aromatic carbocycles. The Bertz CT molecular complexity index is 439. The Morgan fingerprint density at radius 1 is 0.958 bits per heavy atom. The second-order valence-corrected chi connectivity index (χ2v) is 6.83. The van der Waals surface area contributed by atoms with Gasteiger partial charge in [0, 0.05) is 12.8 Å². The maximum atomic E-state index is 11.8. The van der Waals surface area contributed by atoms with Crippen LogP contribution in [0.5, 0.6) is 0 Å².